The molecule has 0 heterocycles. The fraction of sp³-hybridized carbons (Fsp3) is 1.00. The van der Waals surface area contributed by atoms with Crippen molar-refractivity contribution < 1.29 is 0 Å². The van der Waals surface area contributed by atoms with Gasteiger partial charge in [0.1, 0.15) is 0 Å². The summed E-state index contributed by atoms with van der Waals surface area (Å²) in [6.07, 6.45) is 3.67. The normalized spacial score (nSPS) is 12.5. The van der Waals surface area contributed by atoms with Crippen LogP contribution in [0.1, 0.15) is 47.0 Å². The summed E-state index contributed by atoms with van der Waals surface area (Å²) in [5.41, 5.74) is 5.93. The molecule has 0 rings (SSSR count). The molecule has 0 bridgehead atoms. The Morgan fingerprint density at radius 2 is 1.77 bits per heavy atom. The SMILES string of the molecule is CCCCN(CC)CCC(C)(C)N. The number of nitrogens with two attached hydrogens (primary N) is 1. The minimum atomic E-state index is -0.0143. The molecule has 13 heavy (non-hydrogen) atoms. The minimum Gasteiger partial charge on any atom is -0.326 e. The second-order valence-corrected chi connectivity index (χ2v) is 4.53. The zero-order chi connectivity index (χ0) is 10.3. The van der Waals surface area contributed by atoms with Crippen LogP contribution < -0.4 is 5.73 Å². The molecule has 0 aromatic carbocycles. The third-order valence-corrected chi connectivity index (χ3v) is 2.35. The molecule has 0 aromatic rings. The standard InChI is InChI=1S/C11H26N2/c1-5-7-9-13(6-2)10-8-11(3,4)12/h5-10,12H2,1-4H3. The molecule has 2 nitrogen and oxygen atoms in total. The van der Waals surface area contributed by atoms with Gasteiger partial charge in [-0.05, 0) is 46.3 Å². The van der Waals surface area contributed by atoms with Crippen LogP contribution in [0.5, 0.6) is 0 Å². The monoisotopic (exact) mass is 186 g/mol. The van der Waals surface area contributed by atoms with Crippen LogP contribution in [-0.4, -0.2) is 30.1 Å². The van der Waals surface area contributed by atoms with Crippen LogP contribution in [-0.2, 0) is 0 Å². The smallest absolute Gasteiger partial charge is 0.0109 e. The van der Waals surface area contributed by atoms with Crippen LogP contribution in [0.15, 0.2) is 0 Å². The number of unbranched alkanes of at least 4 members (excludes halogenated alkanes) is 1. The molecular weight excluding hydrogens is 160 g/mol. The largest absolute Gasteiger partial charge is 0.326 e. The molecule has 0 unspecified atom stereocenters. The van der Waals surface area contributed by atoms with Crippen molar-refractivity contribution in [2.45, 2.75) is 52.5 Å². The maximum absolute atomic E-state index is 5.94. The van der Waals surface area contributed by atoms with E-state index in [-0.39, 0.29) is 5.54 Å². The molecule has 0 atom stereocenters. The van der Waals surface area contributed by atoms with Crippen molar-refractivity contribution in [1.82, 2.24) is 4.90 Å². The van der Waals surface area contributed by atoms with Crippen LogP contribution in [0.3, 0.4) is 0 Å². The molecule has 0 radical (unpaired) electrons. The van der Waals surface area contributed by atoms with Gasteiger partial charge in [-0.25, -0.2) is 0 Å². The summed E-state index contributed by atoms with van der Waals surface area (Å²) in [6, 6.07) is 0. The lowest BCUT2D eigenvalue weighted by atomic mass is 10.0. The lowest BCUT2D eigenvalue weighted by Gasteiger charge is -2.25. The highest BCUT2D eigenvalue weighted by atomic mass is 15.1. The summed E-state index contributed by atoms with van der Waals surface area (Å²) in [4.78, 5) is 2.48. The Morgan fingerprint density at radius 3 is 2.15 bits per heavy atom. The predicted octanol–water partition coefficient (Wildman–Crippen LogP) is 2.24. The summed E-state index contributed by atoms with van der Waals surface area (Å²) in [6.45, 7) is 12.2. The van der Waals surface area contributed by atoms with Gasteiger partial charge in [0.15, 0.2) is 0 Å². The van der Waals surface area contributed by atoms with E-state index in [2.05, 4.69) is 32.6 Å². The Hall–Kier alpha value is -0.0800. The van der Waals surface area contributed by atoms with E-state index in [1.54, 1.807) is 0 Å². The minimum absolute atomic E-state index is 0.0143. The van der Waals surface area contributed by atoms with E-state index in [0.717, 1.165) is 19.5 Å². The van der Waals surface area contributed by atoms with Crippen molar-refractivity contribution in [3.05, 3.63) is 0 Å². The van der Waals surface area contributed by atoms with Gasteiger partial charge in [-0.2, -0.15) is 0 Å². The van der Waals surface area contributed by atoms with E-state index < -0.39 is 0 Å². The van der Waals surface area contributed by atoms with Crippen LogP contribution in [0.4, 0.5) is 0 Å². The fourth-order valence-corrected chi connectivity index (χ4v) is 1.26. The van der Waals surface area contributed by atoms with E-state index in [1.165, 1.54) is 19.4 Å². The maximum Gasteiger partial charge on any atom is 0.0109 e. The highest BCUT2D eigenvalue weighted by Crippen LogP contribution is 2.05. The lowest BCUT2D eigenvalue weighted by molar-refractivity contribution is 0.256. The van der Waals surface area contributed by atoms with Crippen molar-refractivity contribution in [1.29, 1.82) is 0 Å². The molecule has 2 N–H and O–H groups in total. The van der Waals surface area contributed by atoms with Crippen LogP contribution in [0.2, 0.25) is 0 Å². The van der Waals surface area contributed by atoms with E-state index in [1.807, 2.05) is 0 Å². The first-order valence-corrected chi connectivity index (χ1v) is 5.51. The second kappa shape index (κ2) is 6.39. The van der Waals surface area contributed by atoms with Gasteiger partial charge < -0.3 is 10.6 Å². The number of hydrogen-bond acceptors (Lipinski definition) is 2. The first kappa shape index (κ1) is 12.9. The Morgan fingerprint density at radius 1 is 1.15 bits per heavy atom. The zero-order valence-electron chi connectivity index (χ0n) is 9.77. The first-order chi connectivity index (χ1) is 5.99. The zero-order valence-corrected chi connectivity index (χ0v) is 9.77. The van der Waals surface area contributed by atoms with E-state index in [4.69, 9.17) is 5.73 Å². The lowest BCUT2D eigenvalue weighted by Crippen LogP contribution is -2.37. The van der Waals surface area contributed by atoms with Crippen LogP contribution >= 0.6 is 0 Å². The molecule has 2 heteroatoms. The molecule has 0 spiro atoms. The molecule has 0 saturated carbocycles. The summed E-state index contributed by atoms with van der Waals surface area (Å²) in [5, 5.41) is 0. The average molecular weight is 186 g/mol. The van der Waals surface area contributed by atoms with Crippen molar-refractivity contribution in [2.75, 3.05) is 19.6 Å². The van der Waals surface area contributed by atoms with Gasteiger partial charge in [0.2, 0.25) is 0 Å². The van der Waals surface area contributed by atoms with Gasteiger partial charge in [0.25, 0.3) is 0 Å². The van der Waals surface area contributed by atoms with Crippen molar-refractivity contribution in [2.24, 2.45) is 5.73 Å². The number of hydrogen-bond donors (Lipinski definition) is 1. The van der Waals surface area contributed by atoms with Gasteiger partial charge in [0.05, 0.1) is 0 Å². The molecule has 0 aliphatic carbocycles. The van der Waals surface area contributed by atoms with Gasteiger partial charge in [0, 0.05) is 5.54 Å². The van der Waals surface area contributed by atoms with Crippen LogP contribution in [0, 0.1) is 0 Å². The highest BCUT2D eigenvalue weighted by molar-refractivity contribution is 4.73. The second-order valence-electron chi connectivity index (χ2n) is 4.53. The molecule has 0 aliphatic rings. The molecule has 0 aromatic heterocycles. The summed E-state index contributed by atoms with van der Waals surface area (Å²) in [7, 11) is 0. The van der Waals surface area contributed by atoms with Crippen molar-refractivity contribution in [3.63, 3.8) is 0 Å². The third-order valence-electron chi connectivity index (χ3n) is 2.35. The summed E-state index contributed by atoms with van der Waals surface area (Å²) in [5.74, 6) is 0. The van der Waals surface area contributed by atoms with E-state index >= 15 is 0 Å². The molecule has 0 amide bonds. The molecule has 80 valence electrons. The van der Waals surface area contributed by atoms with Crippen molar-refractivity contribution in [3.8, 4) is 0 Å². The average Bonchev–Trinajstić information content (AvgIpc) is 2.03. The summed E-state index contributed by atoms with van der Waals surface area (Å²) >= 11 is 0. The van der Waals surface area contributed by atoms with Gasteiger partial charge >= 0.3 is 0 Å². The Balaban J connectivity index is 3.59. The van der Waals surface area contributed by atoms with Crippen molar-refractivity contribution >= 4 is 0 Å². The van der Waals surface area contributed by atoms with Crippen LogP contribution in [0.25, 0.3) is 0 Å². The predicted molar refractivity (Wildman–Crippen MR) is 59.9 cm³/mol. The highest BCUT2D eigenvalue weighted by Gasteiger charge is 2.12. The summed E-state index contributed by atoms with van der Waals surface area (Å²) < 4.78 is 0. The molecular formula is C11H26N2. The quantitative estimate of drug-likeness (QED) is 0.660. The third kappa shape index (κ3) is 8.26. The molecule has 0 aliphatic heterocycles. The molecule has 0 fully saturated rings. The fourth-order valence-electron chi connectivity index (χ4n) is 1.26. The van der Waals surface area contributed by atoms with Gasteiger partial charge in [-0.3, -0.25) is 0 Å². The van der Waals surface area contributed by atoms with E-state index in [0.29, 0.717) is 0 Å². The Kier molecular flexibility index (Phi) is 6.35. The van der Waals surface area contributed by atoms with Gasteiger partial charge in [-0.15, -0.1) is 0 Å². The Labute approximate surface area is 83.5 Å². The number of nitrogens with zero attached hydrogens (tertiary/aromatic N) is 1. The maximum atomic E-state index is 5.94. The van der Waals surface area contributed by atoms with Gasteiger partial charge in [-0.1, -0.05) is 20.3 Å². The Bertz CT molecular complexity index is 116. The first-order valence-electron chi connectivity index (χ1n) is 5.51. The topological polar surface area (TPSA) is 29.3 Å². The number of rotatable bonds is 7. The van der Waals surface area contributed by atoms with E-state index in [9.17, 15) is 0 Å². The molecule has 0 saturated heterocycles.